The second-order valence-electron chi connectivity index (χ2n) is 8.68. The van der Waals surface area contributed by atoms with Crippen molar-refractivity contribution in [1.82, 2.24) is 9.88 Å². The van der Waals surface area contributed by atoms with Crippen molar-refractivity contribution in [1.29, 1.82) is 0 Å². The van der Waals surface area contributed by atoms with Gasteiger partial charge in [0.2, 0.25) is 5.91 Å². The number of benzene rings is 1. The highest BCUT2D eigenvalue weighted by molar-refractivity contribution is 7.92. The maximum absolute atomic E-state index is 12.9. The minimum absolute atomic E-state index is 0.0242. The van der Waals surface area contributed by atoms with Crippen LogP contribution in [0, 0.1) is 5.92 Å². The van der Waals surface area contributed by atoms with E-state index in [1.54, 1.807) is 12.1 Å². The lowest BCUT2D eigenvalue weighted by molar-refractivity contribution is -0.120. The van der Waals surface area contributed by atoms with Gasteiger partial charge >= 0.3 is 11.5 Å². The van der Waals surface area contributed by atoms with Crippen molar-refractivity contribution in [3.63, 3.8) is 0 Å². The number of imide groups is 1. The molecular weight excluding hydrogens is 501 g/mol. The Morgan fingerprint density at radius 3 is 2.36 bits per heavy atom. The van der Waals surface area contributed by atoms with Crippen molar-refractivity contribution in [2.75, 3.05) is 16.8 Å². The van der Waals surface area contributed by atoms with Gasteiger partial charge in [-0.1, -0.05) is 19.3 Å². The summed E-state index contributed by atoms with van der Waals surface area (Å²) in [6.07, 6.45) is 6.27. The number of rotatable bonds is 6. The predicted molar refractivity (Wildman–Crippen MR) is 122 cm³/mol. The number of alkyl halides is 3. The molecule has 0 atom stereocenters. The predicted octanol–water partition coefficient (Wildman–Crippen LogP) is 3.86. The number of hydrogen-bond acceptors (Lipinski definition) is 6. The summed E-state index contributed by atoms with van der Waals surface area (Å²) in [5, 5.41) is 2.80. The third kappa shape index (κ3) is 5.20. The minimum atomic E-state index is -5.55. The number of pyridine rings is 1. The second-order valence-corrected chi connectivity index (χ2v) is 10.6. The zero-order valence-corrected chi connectivity index (χ0v) is 19.8. The third-order valence-corrected chi connectivity index (χ3v) is 7.67. The first-order chi connectivity index (χ1) is 17.0. The van der Waals surface area contributed by atoms with Gasteiger partial charge in [0.05, 0.1) is 10.6 Å². The highest BCUT2D eigenvalue weighted by Crippen LogP contribution is 2.32. The van der Waals surface area contributed by atoms with E-state index >= 15 is 0 Å². The molecule has 192 valence electrons. The number of carbonyl (C=O) groups excluding carboxylic acids is 3. The van der Waals surface area contributed by atoms with E-state index in [-0.39, 0.29) is 30.6 Å². The second kappa shape index (κ2) is 9.88. The number of sulfone groups is 1. The Labute approximate surface area is 205 Å². The number of hydrogen-bond donors (Lipinski definition) is 1. The highest BCUT2D eigenvalue weighted by Gasteiger charge is 2.47. The molecule has 4 amide bonds. The van der Waals surface area contributed by atoms with Crippen LogP contribution < -0.4 is 10.2 Å². The van der Waals surface area contributed by atoms with Gasteiger partial charge in [0.25, 0.3) is 15.7 Å². The van der Waals surface area contributed by atoms with Crippen LogP contribution in [-0.4, -0.2) is 48.2 Å². The van der Waals surface area contributed by atoms with E-state index in [4.69, 9.17) is 0 Å². The number of nitrogens with zero attached hydrogens (tertiary/aromatic N) is 3. The molecule has 0 radical (unpaired) electrons. The lowest BCUT2D eigenvalue weighted by Crippen LogP contribution is -2.33. The summed E-state index contributed by atoms with van der Waals surface area (Å²) in [5.41, 5.74) is -4.91. The number of anilines is 2. The number of carbonyl (C=O) groups is 3. The minimum Gasteiger partial charge on any atom is -0.310 e. The van der Waals surface area contributed by atoms with Gasteiger partial charge in [-0.05, 0) is 54.8 Å². The Morgan fingerprint density at radius 2 is 1.72 bits per heavy atom. The normalized spacial score (nSPS) is 17.5. The number of halogens is 3. The van der Waals surface area contributed by atoms with Gasteiger partial charge in [-0.2, -0.15) is 13.2 Å². The van der Waals surface area contributed by atoms with Crippen LogP contribution >= 0.6 is 0 Å². The summed E-state index contributed by atoms with van der Waals surface area (Å²) >= 11 is 0. The maximum Gasteiger partial charge on any atom is 0.501 e. The highest BCUT2D eigenvalue weighted by atomic mass is 32.2. The Hall–Kier alpha value is -3.48. The number of aromatic nitrogens is 1. The quantitative estimate of drug-likeness (QED) is 0.574. The molecule has 2 fully saturated rings. The fraction of sp³-hybridized carbons (Fsp3) is 0.391. The molecule has 1 aromatic heterocycles. The molecule has 2 heterocycles. The van der Waals surface area contributed by atoms with Gasteiger partial charge in [0.1, 0.15) is 12.4 Å². The van der Waals surface area contributed by atoms with Crippen LogP contribution in [0.3, 0.4) is 0 Å². The Bertz CT molecular complexity index is 1280. The fourth-order valence-corrected chi connectivity index (χ4v) is 5.05. The van der Waals surface area contributed by atoms with E-state index in [0.29, 0.717) is 23.5 Å². The van der Waals surface area contributed by atoms with Crippen molar-refractivity contribution in [3.8, 4) is 0 Å². The largest absolute Gasteiger partial charge is 0.501 e. The van der Waals surface area contributed by atoms with Gasteiger partial charge in [-0.3, -0.25) is 9.59 Å². The standard InChI is InChI=1S/C23H23F3N4O5S/c24-23(25,26)36(34,35)18-8-6-17(7-9-18)30-20(31)14-29(22(30)33)13-15-10-11-27-19(12-15)28-21(32)16-4-2-1-3-5-16/h6-12,16H,1-5,13-14H2,(H,27,28,32). The van der Waals surface area contributed by atoms with E-state index in [1.165, 1.54) is 11.1 Å². The van der Waals surface area contributed by atoms with Gasteiger partial charge in [-0.15, -0.1) is 0 Å². The lowest BCUT2D eigenvalue weighted by atomic mass is 9.89. The molecule has 13 heteroatoms. The van der Waals surface area contributed by atoms with E-state index in [0.717, 1.165) is 49.1 Å². The van der Waals surface area contributed by atoms with E-state index in [2.05, 4.69) is 10.3 Å². The SMILES string of the molecule is O=C(Nc1cc(CN2CC(=O)N(c3ccc(S(=O)(=O)C(F)(F)F)cc3)C2=O)ccn1)C1CCCCC1. The molecule has 2 aliphatic rings. The van der Waals surface area contributed by atoms with Crippen LogP contribution in [0.15, 0.2) is 47.5 Å². The molecule has 4 rings (SSSR count). The smallest absolute Gasteiger partial charge is 0.310 e. The van der Waals surface area contributed by atoms with Crippen LogP contribution in [0.4, 0.5) is 29.5 Å². The molecule has 36 heavy (non-hydrogen) atoms. The molecule has 9 nitrogen and oxygen atoms in total. The maximum atomic E-state index is 12.9. The molecule has 1 aromatic carbocycles. The molecule has 1 aliphatic carbocycles. The summed E-state index contributed by atoms with van der Waals surface area (Å²) in [6, 6.07) is 5.88. The monoisotopic (exact) mass is 524 g/mol. The summed E-state index contributed by atoms with van der Waals surface area (Å²) in [4.78, 5) is 43.0. The first kappa shape index (κ1) is 25.6. The number of amides is 4. The Morgan fingerprint density at radius 1 is 1.06 bits per heavy atom. The zero-order valence-electron chi connectivity index (χ0n) is 19.0. The van der Waals surface area contributed by atoms with Crippen molar-refractivity contribution >= 4 is 39.2 Å². The van der Waals surface area contributed by atoms with Gasteiger partial charge < -0.3 is 10.2 Å². The van der Waals surface area contributed by atoms with Crippen molar-refractivity contribution < 1.29 is 36.0 Å². The molecule has 2 aromatic rings. The average molecular weight is 525 g/mol. The summed E-state index contributed by atoms with van der Waals surface area (Å²) in [6.45, 7) is -0.260. The van der Waals surface area contributed by atoms with Crippen LogP contribution in [0.25, 0.3) is 0 Å². The van der Waals surface area contributed by atoms with Crippen molar-refractivity contribution in [3.05, 3.63) is 48.2 Å². The van der Waals surface area contributed by atoms with Crippen molar-refractivity contribution in [2.24, 2.45) is 5.92 Å². The van der Waals surface area contributed by atoms with E-state index in [9.17, 15) is 36.0 Å². The number of urea groups is 1. The summed E-state index contributed by atoms with van der Waals surface area (Å²) in [5.74, 6) is -0.451. The van der Waals surface area contributed by atoms with Gasteiger partial charge in [0, 0.05) is 18.7 Å². The number of nitrogens with one attached hydrogen (secondary N) is 1. The van der Waals surface area contributed by atoms with Crippen LogP contribution in [0.1, 0.15) is 37.7 Å². The first-order valence-electron chi connectivity index (χ1n) is 11.3. The molecule has 0 unspecified atom stereocenters. The fourth-order valence-electron chi connectivity index (χ4n) is 4.29. The van der Waals surface area contributed by atoms with Crippen LogP contribution in [0.5, 0.6) is 0 Å². The molecule has 0 spiro atoms. The van der Waals surface area contributed by atoms with Crippen molar-refractivity contribution in [2.45, 2.75) is 49.1 Å². The molecular formula is C23H23F3N4O5S. The summed E-state index contributed by atoms with van der Waals surface area (Å²) in [7, 11) is -5.55. The molecule has 1 aliphatic heterocycles. The molecule has 0 bridgehead atoms. The van der Waals surface area contributed by atoms with Crippen LogP contribution in [-0.2, 0) is 26.0 Å². The van der Waals surface area contributed by atoms with Crippen LogP contribution in [0.2, 0.25) is 0 Å². The van der Waals surface area contributed by atoms with E-state index in [1.807, 2.05) is 0 Å². The first-order valence-corrected chi connectivity index (χ1v) is 12.7. The van der Waals surface area contributed by atoms with E-state index < -0.39 is 32.2 Å². The average Bonchev–Trinajstić information content (AvgIpc) is 3.11. The lowest BCUT2D eigenvalue weighted by Gasteiger charge is -2.21. The molecule has 1 saturated carbocycles. The van der Waals surface area contributed by atoms with Gasteiger partial charge in [-0.25, -0.2) is 23.1 Å². The zero-order chi connectivity index (χ0) is 26.1. The molecule has 1 saturated heterocycles. The topological polar surface area (TPSA) is 117 Å². The Balaban J connectivity index is 1.44. The Kier molecular flexibility index (Phi) is 7.03. The molecule has 1 N–H and O–H groups in total. The summed E-state index contributed by atoms with van der Waals surface area (Å²) < 4.78 is 61.3. The van der Waals surface area contributed by atoms with Gasteiger partial charge in [0.15, 0.2) is 0 Å². The third-order valence-electron chi connectivity index (χ3n) is 6.17.